The molecule has 148 valence electrons. The fourth-order valence-corrected chi connectivity index (χ4v) is 2.66. The number of esters is 1. The second-order valence-electron chi connectivity index (χ2n) is 6.68. The van der Waals surface area contributed by atoms with E-state index in [1.807, 2.05) is 30.3 Å². The van der Waals surface area contributed by atoms with Gasteiger partial charge in [0.25, 0.3) is 5.91 Å². The molecule has 3 rings (SSSR count). The van der Waals surface area contributed by atoms with Crippen molar-refractivity contribution in [2.75, 3.05) is 18.7 Å². The van der Waals surface area contributed by atoms with E-state index in [0.29, 0.717) is 28.7 Å². The highest BCUT2D eigenvalue weighted by molar-refractivity contribution is 6.00. The van der Waals surface area contributed by atoms with Crippen molar-refractivity contribution in [3.8, 4) is 17.6 Å². The van der Waals surface area contributed by atoms with Gasteiger partial charge in [-0.15, -0.1) is 0 Å². The van der Waals surface area contributed by atoms with Gasteiger partial charge in [0.15, 0.2) is 18.1 Å². The van der Waals surface area contributed by atoms with Crippen LogP contribution in [0.2, 0.25) is 0 Å². The smallest absolute Gasteiger partial charge is 0.349 e. The molecule has 0 fully saturated rings. The minimum atomic E-state index is -0.860. The first kappa shape index (κ1) is 20.0. The van der Waals surface area contributed by atoms with Crippen LogP contribution in [0.5, 0.6) is 11.5 Å². The number of anilines is 1. The molecule has 0 aromatic heterocycles. The Morgan fingerprint density at radius 2 is 1.90 bits per heavy atom. The van der Waals surface area contributed by atoms with Gasteiger partial charge in [-0.05, 0) is 35.3 Å². The van der Waals surface area contributed by atoms with E-state index in [4.69, 9.17) is 14.2 Å². The van der Waals surface area contributed by atoms with E-state index in [2.05, 4.69) is 19.2 Å². The van der Waals surface area contributed by atoms with Gasteiger partial charge in [0.2, 0.25) is 6.79 Å². The van der Waals surface area contributed by atoms with Crippen LogP contribution in [0.15, 0.2) is 48.0 Å². The van der Waals surface area contributed by atoms with Gasteiger partial charge < -0.3 is 19.5 Å². The Labute approximate surface area is 168 Å². The van der Waals surface area contributed by atoms with Crippen molar-refractivity contribution in [1.29, 1.82) is 5.26 Å². The maximum absolute atomic E-state index is 12.1. The van der Waals surface area contributed by atoms with Gasteiger partial charge in [0, 0.05) is 11.8 Å². The summed E-state index contributed by atoms with van der Waals surface area (Å²) < 4.78 is 15.4. The molecule has 0 radical (unpaired) electrons. The van der Waals surface area contributed by atoms with Crippen LogP contribution in [0.4, 0.5) is 5.69 Å². The average Bonchev–Trinajstić information content (AvgIpc) is 3.18. The average molecular weight is 392 g/mol. The molecule has 0 saturated carbocycles. The number of amides is 1. The van der Waals surface area contributed by atoms with Gasteiger partial charge in [-0.2, -0.15) is 5.26 Å². The number of carbonyl (C=O) groups is 2. The standard InChI is InChI=1S/C22H20N2O5/c1-14(2)16-5-3-15(4-6-16)9-17(11-23)22(26)27-12-21(25)24-18-7-8-19-20(10-18)29-13-28-19/h3-10,14H,12-13H2,1-2H3,(H,24,25)/b17-9+. The molecule has 1 amide bonds. The Kier molecular flexibility index (Phi) is 6.15. The highest BCUT2D eigenvalue weighted by atomic mass is 16.7. The molecule has 1 aliphatic rings. The van der Waals surface area contributed by atoms with Gasteiger partial charge in [-0.3, -0.25) is 4.79 Å². The molecule has 7 nitrogen and oxygen atoms in total. The molecule has 0 aliphatic carbocycles. The van der Waals surface area contributed by atoms with Crippen molar-refractivity contribution in [3.05, 3.63) is 59.2 Å². The fraction of sp³-hybridized carbons (Fsp3) is 0.227. The summed E-state index contributed by atoms with van der Waals surface area (Å²) in [5.74, 6) is 0.117. The van der Waals surface area contributed by atoms with Crippen LogP contribution in [0.3, 0.4) is 0 Å². The minimum absolute atomic E-state index is 0.133. The summed E-state index contributed by atoms with van der Waals surface area (Å²) in [5, 5.41) is 11.8. The van der Waals surface area contributed by atoms with E-state index in [-0.39, 0.29) is 12.4 Å². The lowest BCUT2D eigenvalue weighted by Gasteiger charge is -2.07. The van der Waals surface area contributed by atoms with Gasteiger partial charge in [-0.1, -0.05) is 38.1 Å². The normalized spacial score (nSPS) is 12.4. The zero-order chi connectivity index (χ0) is 20.8. The molecule has 0 atom stereocenters. The van der Waals surface area contributed by atoms with E-state index in [0.717, 1.165) is 5.56 Å². The number of ether oxygens (including phenoxy) is 3. The van der Waals surface area contributed by atoms with Gasteiger partial charge in [-0.25, -0.2) is 4.79 Å². The summed E-state index contributed by atoms with van der Waals surface area (Å²) in [7, 11) is 0. The number of nitrogens with zero attached hydrogens (tertiary/aromatic N) is 1. The first-order valence-corrected chi connectivity index (χ1v) is 9.04. The molecular formula is C22H20N2O5. The monoisotopic (exact) mass is 392 g/mol. The van der Waals surface area contributed by atoms with Crippen LogP contribution in [0.25, 0.3) is 6.08 Å². The number of carbonyl (C=O) groups excluding carboxylic acids is 2. The highest BCUT2D eigenvalue weighted by Crippen LogP contribution is 2.34. The Balaban J connectivity index is 1.56. The van der Waals surface area contributed by atoms with Crippen LogP contribution < -0.4 is 14.8 Å². The largest absolute Gasteiger partial charge is 0.454 e. The molecule has 0 saturated heterocycles. The quantitative estimate of drug-likeness (QED) is 0.458. The maximum atomic E-state index is 12.1. The zero-order valence-corrected chi connectivity index (χ0v) is 16.1. The predicted octanol–water partition coefficient (Wildman–Crippen LogP) is 3.63. The van der Waals surface area contributed by atoms with E-state index in [1.54, 1.807) is 18.2 Å². The number of nitrogens with one attached hydrogen (secondary N) is 1. The van der Waals surface area contributed by atoms with E-state index >= 15 is 0 Å². The van der Waals surface area contributed by atoms with Crippen molar-refractivity contribution in [2.24, 2.45) is 0 Å². The first-order chi connectivity index (χ1) is 14.0. The van der Waals surface area contributed by atoms with Crippen LogP contribution in [0.1, 0.15) is 30.9 Å². The summed E-state index contributed by atoms with van der Waals surface area (Å²) in [5.41, 5.74) is 2.16. The topological polar surface area (TPSA) is 97.7 Å². The third kappa shape index (κ3) is 5.14. The molecule has 2 aromatic carbocycles. The molecule has 2 aromatic rings. The summed E-state index contributed by atoms with van der Waals surface area (Å²) in [6.07, 6.45) is 1.43. The lowest BCUT2D eigenvalue weighted by molar-refractivity contribution is -0.142. The van der Waals surface area contributed by atoms with Crippen molar-refractivity contribution in [1.82, 2.24) is 0 Å². The Morgan fingerprint density at radius 1 is 1.17 bits per heavy atom. The second kappa shape index (κ2) is 8.93. The zero-order valence-electron chi connectivity index (χ0n) is 16.1. The molecule has 1 aliphatic heterocycles. The SMILES string of the molecule is CC(C)c1ccc(/C=C(\C#N)C(=O)OCC(=O)Nc2ccc3c(c2)OCO3)cc1. The van der Waals surface area contributed by atoms with Crippen LogP contribution in [-0.4, -0.2) is 25.3 Å². The molecule has 29 heavy (non-hydrogen) atoms. The summed E-state index contributed by atoms with van der Waals surface area (Å²) in [6, 6.07) is 14.3. The van der Waals surface area contributed by atoms with E-state index in [9.17, 15) is 14.9 Å². The molecule has 1 heterocycles. The van der Waals surface area contributed by atoms with Crippen LogP contribution in [0, 0.1) is 11.3 Å². The highest BCUT2D eigenvalue weighted by Gasteiger charge is 2.16. The van der Waals surface area contributed by atoms with Crippen molar-refractivity contribution in [3.63, 3.8) is 0 Å². The number of hydrogen-bond acceptors (Lipinski definition) is 6. The van der Waals surface area contributed by atoms with E-state index in [1.165, 1.54) is 6.08 Å². The van der Waals surface area contributed by atoms with Crippen molar-refractivity contribution >= 4 is 23.6 Å². The predicted molar refractivity (Wildman–Crippen MR) is 106 cm³/mol. The van der Waals surface area contributed by atoms with Crippen LogP contribution >= 0.6 is 0 Å². The Morgan fingerprint density at radius 3 is 2.59 bits per heavy atom. The summed E-state index contributed by atoms with van der Waals surface area (Å²) in [6.45, 7) is 3.78. The molecule has 0 bridgehead atoms. The maximum Gasteiger partial charge on any atom is 0.349 e. The van der Waals surface area contributed by atoms with Gasteiger partial charge >= 0.3 is 5.97 Å². The lowest BCUT2D eigenvalue weighted by Crippen LogP contribution is -2.21. The van der Waals surface area contributed by atoms with Gasteiger partial charge in [0.05, 0.1) is 0 Å². The lowest BCUT2D eigenvalue weighted by atomic mass is 10.0. The summed E-state index contributed by atoms with van der Waals surface area (Å²) >= 11 is 0. The van der Waals surface area contributed by atoms with E-state index < -0.39 is 18.5 Å². The molecule has 0 unspecified atom stereocenters. The molecule has 1 N–H and O–H groups in total. The van der Waals surface area contributed by atoms with Crippen molar-refractivity contribution < 1.29 is 23.8 Å². The molecule has 7 heteroatoms. The Hall–Kier alpha value is -3.79. The third-order valence-corrected chi connectivity index (χ3v) is 4.25. The number of fused-ring (bicyclic) bond motifs is 1. The number of benzene rings is 2. The minimum Gasteiger partial charge on any atom is -0.454 e. The fourth-order valence-electron chi connectivity index (χ4n) is 2.66. The molecular weight excluding hydrogens is 372 g/mol. The number of rotatable bonds is 6. The number of nitriles is 1. The van der Waals surface area contributed by atoms with Crippen molar-refractivity contribution in [2.45, 2.75) is 19.8 Å². The number of hydrogen-bond donors (Lipinski definition) is 1. The third-order valence-electron chi connectivity index (χ3n) is 4.25. The molecule has 0 spiro atoms. The second-order valence-corrected chi connectivity index (χ2v) is 6.68. The van der Waals surface area contributed by atoms with Gasteiger partial charge in [0.1, 0.15) is 11.6 Å². The first-order valence-electron chi connectivity index (χ1n) is 9.04. The van der Waals surface area contributed by atoms with Crippen LogP contribution in [-0.2, 0) is 14.3 Å². The summed E-state index contributed by atoms with van der Waals surface area (Å²) in [4.78, 5) is 24.2. The Bertz CT molecular complexity index is 987.